The van der Waals surface area contributed by atoms with Crippen LogP contribution >= 0.6 is 0 Å². The Kier molecular flexibility index (Phi) is 2.78. The van der Waals surface area contributed by atoms with Crippen molar-refractivity contribution in [3.05, 3.63) is 35.9 Å². The molecule has 3 amide bonds. The monoisotopic (exact) mass is 244 g/mol. The van der Waals surface area contributed by atoms with Crippen molar-refractivity contribution >= 4 is 11.9 Å². The fourth-order valence-corrected chi connectivity index (χ4v) is 2.87. The Morgan fingerprint density at radius 1 is 1.06 bits per heavy atom. The van der Waals surface area contributed by atoms with E-state index in [1.165, 1.54) is 4.90 Å². The molecule has 1 aliphatic carbocycles. The van der Waals surface area contributed by atoms with Crippen molar-refractivity contribution in [2.75, 3.05) is 0 Å². The number of hydrogen-bond donors (Lipinski definition) is 1. The standard InChI is InChI=1S/C14H16N2O2/c17-13-12(10-6-2-1-3-7-10)15-14(18)16(13)11-8-4-5-9-11/h1-3,6-7,11-12H,4-5,8-9H2,(H,15,18). The number of nitrogens with zero attached hydrogens (tertiary/aromatic N) is 1. The Morgan fingerprint density at radius 2 is 1.72 bits per heavy atom. The lowest BCUT2D eigenvalue weighted by Crippen LogP contribution is -2.38. The number of hydrogen-bond acceptors (Lipinski definition) is 2. The summed E-state index contributed by atoms with van der Waals surface area (Å²) in [4.78, 5) is 25.7. The van der Waals surface area contributed by atoms with Gasteiger partial charge in [0.25, 0.3) is 5.91 Å². The van der Waals surface area contributed by atoms with Crippen molar-refractivity contribution in [2.24, 2.45) is 0 Å². The molecule has 1 saturated carbocycles. The average molecular weight is 244 g/mol. The minimum Gasteiger partial charge on any atom is -0.322 e. The quantitative estimate of drug-likeness (QED) is 0.811. The van der Waals surface area contributed by atoms with Crippen LogP contribution in [0.5, 0.6) is 0 Å². The molecule has 1 saturated heterocycles. The van der Waals surface area contributed by atoms with Gasteiger partial charge in [0.15, 0.2) is 0 Å². The van der Waals surface area contributed by atoms with Crippen molar-refractivity contribution in [1.29, 1.82) is 0 Å². The van der Waals surface area contributed by atoms with Gasteiger partial charge in [0.2, 0.25) is 0 Å². The van der Waals surface area contributed by atoms with Crippen LogP contribution in [0.25, 0.3) is 0 Å². The highest BCUT2D eigenvalue weighted by Gasteiger charge is 2.43. The number of rotatable bonds is 2. The summed E-state index contributed by atoms with van der Waals surface area (Å²) in [6.45, 7) is 0. The van der Waals surface area contributed by atoms with Crippen LogP contribution in [0.15, 0.2) is 30.3 Å². The maximum atomic E-state index is 12.3. The zero-order valence-electron chi connectivity index (χ0n) is 10.1. The van der Waals surface area contributed by atoms with Crippen LogP contribution in [-0.4, -0.2) is 22.9 Å². The van der Waals surface area contributed by atoms with E-state index >= 15 is 0 Å². The van der Waals surface area contributed by atoms with E-state index in [1.54, 1.807) is 0 Å². The molecule has 0 spiro atoms. The third-order valence-electron chi connectivity index (χ3n) is 3.79. The highest BCUT2D eigenvalue weighted by atomic mass is 16.2. The molecule has 2 aliphatic rings. The fraction of sp³-hybridized carbons (Fsp3) is 0.429. The van der Waals surface area contributed by atoms with Gasteiger partial charge in [-0.05, 0) is 18.4 Å². The molecule has 1 atom stereocenters. The maximum Gasteiger partial charge on any atom is 0.325 e. The van der Waals surface area contributed by atoms with Gasteiger partial charge in [0, 0.05) is 6.04 Å². The SMILES string of the molecule is O=C1NC(c2ccccc2)C(=O)N1C1CCCC1. The predicted octanol–water partition coefficient (Wildman–Crippen LogP) is 2.22. The van der Waals surface area contributed by atoms with Gasteiger partial charge in [0.1, 0.15) is 6.04 Å². The number of amides is 3. The van der Waals surface area contributed by atoms with Gasteiger partial charge >= 0.3 is 6.03 Å². The van der Waals surface area contributed by atoms with Crippen molar-refractivity contribution in [1.82, 2.24) is 10.2 Å². The zero-order chi connectivity index (χ0) is 12.5. The molecule has 1 unspecified atom stereocenters. The average Bonchev–Trinajstić information content (AvgIpc) is 2.99. The van der Waals surface area contributed by atoms with Crippen LogP contribution in [-0.2, 0) is 4.79 Å². The summed E-state index contributed by atoms with van der Waals surface area (Å²) in [5.74, 6) is -0.0990. The number of imide groups is 1. The number of carbonyl (C=O) groups excluding carboxylic acids is 2. The van der Waals surface area contributed by atoms with Crippen LogP contribution in [0.3, 0.4) is 0 Å². The summed E-state index contributed by atoms with van der Waals surface area (Å²) in [6, 6.07) is 8.79. The molecule has 0 radical (unpaired) electrons. The first-order valence-corrected chi connectivity index (χ1v) is 6.46. The maximum absolute atomic E-state index is 12.3. The molecule has 1 heterocycles. The largest absolute Gasteiger partial charge is 0.325 e. The predicted molar refractivity (Wildman–Crippen MR) is 66.8 cm³/mol. The van der Waals surface area contributed by atoms with Gasteiger partial charge in [-0.25, -0.2) is 4.79 Å². The lowest BCUT2D eigenvalue weighted by Gasteiger charge is -2.20. The summed E-state index contributed by atoms with van der Waals surface area (Å²) < 4.78 is 0. The third kappa shape index (κ3) is 1.78. The molecule has 3 rings (SSSR count). The smallest absolute Gasteiger partial charge is 0.322 e. The zero-order valence-corrected chi connectivity index (χ0v) is 10.1. The highest BCUT2D eigenvalue weighted by Crippen LogP contribution is 2.30. The molecule has 18 heavy (non-hydrogen) atoms. The first-order valence-electron chi connectivity index (χ1n) is 6.46. The van der Waals surface area contributed by atoms with Crippen LogP contribution in [0.2, 0.25) is 0 Å². The minimum atomic E-state index is -0.501. The molecular formula is C14H16N2O2. The Labute approximate surface area is 106 Å². The highest BCUT2D eigenvalue weighted by molar-refractivity contribution is 6.05. The first kappa shape index (κ1) is 11.3. The third-order valence-corrected chi connectivity index (χ3v) is 3.79. The molecular weight excluding hydrogens is 228 g/mol. The molecule has 0 aromatic heterocycles. The molecule has 1 aliphatic heterocycles. The van der Waals surface area contributed by atoms with E-state index in [0.29, 0.717) is 0 Å². The normalized spacial score (nSPS) is 24.7. The van der Waals surface area contributed by atoms with Crippen molar-refractivity contribution < 1.29 is 9.59 Å². The van der Waals surface area contributed by atoms with Crippen LogP contribution < -0.4 is 5.32 Å². The van der Waals surface area contributed by atoms with Gasteiger partial charge in [-0.2, -0.15) is 0 Å². The Bertz CT molecular complexity index is 466. The fourth-order valence-electron chi connectivity index (χ4n) is 2.87. The van der Waals surface area contributed by atoms with Crippen molar-refractivity contribution in [2.45, 2.75) is 37.8 Å². The molecule has 4 heteroatoms. The van der Waals surface area contributed by atoms with E-state index in [4.69, 9.17) is 0 Å². The number of urea groups is 1. The summed E-state index contributed by atoms with van der Waals surface area (Å²) in [7, 11) is 0. The Hall–Kier alpha value is -1.84. The minimum absolute atomic E-state index is 0.0990. The lowest BCUT2D eigenvalue weighted by molar-refractivity contribution is -0.129. The van der Waals surface area contributed by atoms with E-state index in [0.717, 1.165) is 31.2 Å². The van der Waals surface area contributed by atoms with Gasteiger partial charge in [-0.3, -0.25) is 9.69 Å². The topological polar surface area (TPSA) is 49.4 Å². The number of nitrogens with one attached hydrogen (secondary N) is 1. The van der Waals surface area contributed by atoms with Gasteiger partial charge in [-0.1, -0.05) is 43.2 Å². The molecule has 0 bridgehead atoms. The number of carbonyl (C=O) groups is 2. The molecule has 94 valence electrons. The molecule has 1 aromatic rings. The molecule has 1 N–H and O–H groups in total. The summed E-state index contributed by atoms with van der Waals surface area (Å²) in [6.07, 6.45) is 4.11. The second kappa shape index (κ2) is 4.44. The Morgan fingerprint density at radius 3 is 2.39 bits per heavy atom. The van der Waals surface area contributed by atoms with Crippen molar-refractivity contribution in [3.63, 3.8) is 0 Å². The molecule has 4 nitrogen and oxygen atoms in total. The van der Waals surface area contributed by atoms with E-state index in [2.05, 4.69) is 5.32 Å². The molecule has 2 fully saturated rings. The number of benzene rings is 1. The van der Waals surface area contributed by atoms with Crippen LogP contribution in [0.4, 0.5) is 4.79 Å². The van der Waals surface area contributed by atoms with E-state index in [9.17, 15) is 9.59 Å². The second-order valence-corrected chi connectivity index (χ2v) is 4.94. The van der Waals surface area contributed by atoms with Crippen LogP contribution in [0, 0.1) is 0 Å². The first-order chi connectivity index (χ1) is 8.77. The second-order valence-electron chi connectivity index (χ2n) is 4.94. The summed E-state index contributed by atoms with van der Waals surface area (Å²) in [5.41, 5.74) is 0.858. The summed E-state index contributed by atoms with van der Waals surface area (Å²) in [5, 5.41) is 2.78. The van der Waals surface area contributed by atoms with Gasteiger partial charge < -0.3 is 5.32 Å². The van der Waals surface area contributed by atoms with E-state index in [1.807, 2.05) is 30.3 Å². The lowest BCUT2D eigenvalue weighted by atomic mass is 10.1. The van der Waals surface area contributed by atoms with Gasteiger partial charge in [-0.15, -0.1) is 0 Å². The van der Waals surface area contributed by atoms with E-state index < -0.39 is 6.04 Å². The van der Waals surface area contributed by atoms with E-state index in [-0.39, 0.29) is 18.0 Å². The summed E-state index contributed by atoms with van der Waals surface area (Å²) >= 11 is 0. The Balaban J connectivity index is 1.84. The van der Waals surface area contributed by atoms with Crippen LogP contribution in [0.1, 0.15) is 37.3 Å². The van der Waals surface area contributed by atoms with Gasteiger partial charge in [0.05, 0.1) is 0 Å². The molecule has 1 aromatic carbocycles. The van der Waals surface area contributed by atoms with Crippen molar-refractivity contribution in [3.8, 4) is 0 Å².